The molecule has 3 saturated carbocycles. The van der Waals surface area contributed by atoms with Crippen LogP contribution in [0.25, 0.3) is 0 Å². The lowest BCUT2D eigenvalue weighted by Gasteiger charge is -2.58. The highest BCUT2D eigenvalue weighted by Gasteiger charge is 2.63. The number of allylic oxidation sites excluding steroid dienone is 1. The van der Waals surface area contributed by atoms with Gasteiger partial charge >= 0.3 is 5.97 Å². The maximum Gasteiger partial charge on any atom is 0.302 e. The molecule has 0 bridgehead atoms. The van der Waals surface area contributed by atoms with Crippen molar-refractivity contribution in [2.75, 3.05) is 6.54 Å². The summed E-state index contributed by atoms with van der Waals surface area (Å²) in [5, 5.41) is 14.2. The minimum Gasteiger partial charge on any atom is -0.462 e. The molecule has 0 aromatic heterocycles. The van der Waals surface area contributed by atoms with Crippen LogP contribution < -0.4 is 5.32 Å². The molecule has 1 aliphatic heterocycles. The first-order valence-electron chi connectivity index (χ1n) is 13.9. The first-order chi connectivity index (χ1) is 15.6. The predicted octanol–water partition coefficient (Wildman–Crippen LogP) is 5.49. The number of carbonyl (C=O) groups is 1. The molecular formula is C29H47NO3. The Balaban J connectivity index is 1.44. The number of rotatable bonds is 3. The molecular weight excluding hydrogens is 410 g/mol. The van der Waals surface area contributed by atoms with Crippen molar-refractivity contribution in [3.63, 3.8) is 0 Å². The maximum absolute atomic E-state index is 12.2. The Morgan fingerprint density at radius 3 is 2.67 bits per heavy atom. The van der Waals surface area contributed by atoms with E-state index in [1.54, 1.807) is 6.92 Å². The molecule has 186 valence electrons. The van der Waals surface area contributed by atoms with Gasteiger partial charge in [0.25, 0.3) is 0 Å². The molecule has 0 spiro atoms. The topological polar surface area (TPSA) is 58.6 Å². The van der Waals surface area contributed by atoms with Crippen molar-refractivity contribution in [2.24, 2.45) is 46.3 Å². The number of hydrogen-bond acceptors (Lipinski definition) is 4. The van der Waals surface area contributed by atoms with Crippen molar-refractivity contribution in [2.45, 2.75) is 111 Å². The van der Waals surface area contributed by atoms with Gasteiger partial charge in [0.1, 0.15) is 6.10 Å². The molecule has 0 aromatic carbocycles. The van der Waals surface area contributed by atoms with Crippen molar-refractivity contribution in [1.29, 1.82) is 0 Å². The second-order valence-corrected chi connectivity index (χ2v) is 13.2. The molecule has 0 amide bonds. The van der Waals surface area contributed by atoms with Crippen LogP contribution in [-0.4, -0.2) is 35.9 Å². The van der Waals surface area contributed by atoms with Crippen LogP contribution in [0.1, 0.15) is 92.4 Å². The standard InChI is InChI=1S/C29H47NO3/c1-17-6-9-25(30-16-17)18(2)27-26(33-19(3)31)15-24-22-8-7-20-14-21(32)10-12-28(20,4)23(22)11-13-29(24,27)5/h7,17-18,21-27,30,32H,6,8-16H2,1-5H3/t17-,18+,21-,22-,23-,24-,25-,26+,27-,28-,29-/m0/s1. The van der Waals surface area contributed by atoms with Gasteiger partial charge in [-0.2, -0.15) is 0 Å². The van der Waals surface area contributed by atoms with Gasteiger partial charge in [-0.3, -0.25) is 4.79 Å². The number of nitrogens with one attached hydrogen (secondary N) is 1. The quantitative estimate of drug-likeness (QED) is 0.434. The van der Waals surface area contributed by atoms with Crippen LogP contribution in [0.2, 0.25) is 0 Å². The van der Waals surface area contributed by atoms with Gasteiger partial charge < -0.3 is 15.2 Å². The first-order valence-corrected chi connectivity index (χ1v) is 13.9. The molecule has 1 heterocycles. The number of carbonyl (C=O) groups excluding carboxylic acids is 1. The van der Waals surface area contributed by atoms with E-state index < -0.39 is 0 Å². The Morgan fingerprint density at radius 2 is 1.97 bits per heavy atom. The summed E-state index contributed by atoms with van der Waals surface area (Å²) >= 11 is 0. The lowest BCUT2D eigenvalue weighted by molar-refractivity contribution is -0.151. The zero-order valence-corrected chi connectivity index (χ0v) is 21.6. The summed E-state index contributed by atoms with van der Waals surface area (Å²) in [4.78, 5) is 12.2. The molecule has 0 radical (unpaired) electrons. The normalized spacial score (nSPS) is 50.4. The third-order valence-electron chi connectivity index (χ3n) is 11.4. The number of ether oxygens (including phenoxy) is 1. The minimum absolute atomic E-state index is 0.0544. The molecule has 4 aliphatic carbocycles. The largest absolute Gasteiger partial charge is 0.462 e. The fraction of sp³-hybridized carbons (Fsp3) is 0.897. The Bertz CT molecular complexity index is 786. The van der Waals surface area contributed by atoms with E-state index in [1.807, 2.05) is 0 Å². The molecule has 33 heavy (non-hydrogen) atoms. The van der Waals surface area contributed by atoms with Crippen LogP contribution in [0.15, 0.2) is 11.6 Å². The molecule has 0 aromatic rings. The summed E-state index contributed by atoms with van der Waals surface area (Å²) < 4.78 is 6.12. The monoisotopic (exact) mass is 457 g/mol. The van der Waals surface area contributed by atoms with E-state index >= 15 is 0 Å². The van der Waals surface area contributed by atoms with Crippen molar-refractivity contribution in [3.05, 3.63) is 11.6 Å². The second kappa shape index (κ2) is 8.66. The second-order valence-electron chi connectivity index (χ2n) is 13.2. The van der Waals surface area contributed by atoms with Crippen LogP contribution in [0.5, 0.6) is 0 Å². The van der Waals surface area contributed by atoms with Crippen LogP contribution in [-0.2, 0) is 9.53 Å². The van der Waals surface area contributed by atoms with Gasteiger partial charge in [0.05, 0.1) is 6.10 Å². The molecule has 5 aliphatic rings. The lowest BCUT2D eigenvalue weighted by Crippen LogP contribution is -2.53. The molecule has 4 heteroatoms. The Morgan fingerprint density at radius 1 is 1.18 bits per heavy atom. The highest BCUT2D eigenvalue weighted by atomic mass is 16.5. The summed E-state index contributed by atoms with van der Waals surface area (Å²) in [6.45, 7) is 12.5. The number of aliphatic hydroxyl groups is 1. The van der Waals surface area contributed by atoms with Gasteiger partial charge in [0.2, 0.25) is 0 Å². The SMILES string of the molecule is CC(=O)O[C@@H]1C[C@H]2[C@H]3CC=C4C[C@@H](O)CC[C@]4(C)[C@H]3CC[C@]2(C)[C@H]1[C@H](C)[C@@H]1CC[C@H](C)CN1. The van der Waals surface area contributed by atoms with Gasteiger partial charge in [-0.05, 0) is 105 Å². The van der Waals surface area contributed by atoms with E-state index in [0.29, 0.717) is 35.6 Å². The molecule has 1 saturated heterocycles. The Labute approximate surface area is 201 Å². The van der Waals surface area contributed by atoms with E-state index in [4.69, 9.17) is 4.74 Å². The minimum atomic E-state index is -0.148. The third kappa shape index (κ3) is 3.92. The molecule has 4 nitrogen and oxygen atoms in total. The molecule has 5 rings (SSSR count). The van der Waals surface area contributed by atoms with Gasteiger partial charge in [0, 0.05) is 18.9 Å². The van der Waals surface area contributed by atoms with Gasteiger partial charge in [-0.15, -0.1) is 0 Å². The van der Waals surface area contributed by atoms with Gasteiger partial charge in [-0.25, -0.2) is 0 Å². The van der Waals surface area contributed by atoms with E-state index in [1.165, 1.54) is 31.3 Å². The molecule has 4 fully saturated rings. The van der Waals surface area contributed by atoms with E-state index in [2.05, 4.69) is 39.1 Å². The molecule has 2 N–H and O–H groups in total. The van der Waals surface area contributed by atoms with Crippen molar-refractivity contribution >= 4 is 5.97 Å². The van der Waals surface area contributed by atoms with Crippen LogP contribution in [0.4, 0.5) is 0 Å². The number of fused-ring (bicyclic) bond motifs is 5. The highest BCUT2D eigenvalue weighted by molar-refractivity contribution is 5.66. The molecule has 0 unspecified atom stereocenters. The predicted molar refractivity (Wildman–Crippen MR) is 131 cm³/mol. The fourth-order valence-electron chi connectivity index (χ4n) is 9.66. The van der Waals surface area contributed by atoms with Crippen molar-refractivity contribution in [1.82, 2.24) is 5.32 Å². The smallest absolute Gasteiger partial charge is 0.302 e. The zero-order chi connectivity index (χ0) is 23.5. The number of hydrogen-bond donors (Lipinski definition) is 2. The van der Waals surface area contributed by atoms with E-state index in [-0.39, 0.29) is 29.0 Å². The summed E-state index contributed by atoms with van der Waals surface area (Å²) in [5.74, 6) is 3.62. The lowest BCUT2D eigenvalue weighted by atomic mass is 9.47. The Kier molecular flexibility index (Phi) is 6.26. The van der Waals surface area contributed by atoms with Crippen LogP contribution >= 0.6 is 0 Å². The zero-order valence-electron chi connectivity index (χ0n) is 21.6. The average Bonchev–Trinajstić information content (AvgIpc) is 3.05. The van der Waals surface area contributed by atoms with E-state index in [0.717, 1.165) is 44.6 Å². The average molecular weight is 458 g/mol. The van der Waals surface area contributed by atoms with Crippen LogP contribution in [0, 0.1) is 46.3 Å². The third-order valence-corrected chi connectivity index (χ3v) is 11.4. The summed E-state index contributed by atoms with van der Waals surface area (Å²) in [5.41, 5.74) is 2.03. The summed E-state index contributed by atoms with van der Waals surface area (Å²) in [6.07, 6.45) is 12.6. The fourth-order valence-corrected chi connectivity index (χ4v) is 9.66. The van der Waals surface area contributed by atoms with Gasteiger partial charge in [0.15, 0.2) is 0 Å². The molecule has 11 atom stereocenters. The summed E-state index contributed by atoms with van der Waals surface area (Å²) in [7, 11) is 0. The Hall–Kier alpha value is -0.870. The highest BCUT2D eigenvalue weighted by Crippen LogP contribution is 2.67. The van der Waals surface area contributed by atoms with Crippen molar-refractivity contribution in [3.8, 4) is 0 Å². The van der Waals surface area contributed by atoms with Gasteiger partial charge in [-0.1, -0.05) is 39.3 Å². The van der Waals surface area contributed by atoms with E-state index in [9.17, 15) is 9.90 Å². The van der Waals surface area contributed by atoms with Crippen molar-refractivity contribution < 1.29 is 14.6 Å². The number of esters is 1. The maximum atomic E-state index is 12.2. The number of aliphatic hydroxyl groups excluding tert-OH is 1. The number of piperidine rings is 1. The van der Waals surface area contributed by atoms with Crippen LogP contribution in [0.3, 0.4) is 0 Å². The summed E-state index contributed by atoms with van der Waals surface area (Å²) in [6, 6.07) is 0.535. The first kappa shape index (κ1) is 23.9.